The first kappa shape index (κ1) is 15.0. The van der Waals surface area contributed by atoms with E-state index in [1.54, 1.807) is 6.92 Å². The fourth-order valence-corrected chi connectivity index (χ4v) is 4.73. The number of ether oxygens (including phenoxy) is 1. The minimum atomic E-state index is -1.62. The number of nitrogens with one attached hydrogen (secondary N) is 1. The summed E-state index contributed by atoms with van der Waals surface area (Å²) < 4.78 is 5.61. The summed E-state index contributed by atoms with van der Waals surface area (Å²) >= 11 is 0. The molecule has 124 valence electrons. The van der Waals surface area contributed by atoms with Crippen molar-refractivity contribution < 1.29 is 24.2 Å². The second-order valence-corrected chi connectivity index (χ2v) is 7.56. The van der Waals surface area contributed by atoms with Gasteiger partial charge in [0.15, 0.2) is 11.6 Å². The van der Waals surface area contributed by atoms with Gasteiger partial charge >= 0.3 is 0 Å². The average Bonchev–Trinajstić information content (AvgIpc) is 3.19. The maximum Gasteiger partial charge on any atom is 0.241 e. The minimum absolute atomic E-state index is 0.0579. The van der Waals surface area contributed by atoms with Gasteiger partial charge in [0.25, 0.3) is 0 Å². The summed E-state index contributed by atoms with van der Waals surface area (Å²) in [5.41, 5.74) is -2.98. The summed E-state index contributed by atoms with van der Waals surface area (Å²) in [5, 5.41) is 14.1. The van der Waals surface area contributed by atoms with E-state index in [4.69, 9.17) is 4.74 Å². The van der Waals surface area contributed by atoms with E-state index in [0.29, 0.717) is 12.8 Å². The molecular weight excluding hydrogens is 298 g/mol. The average molecular weight is 319 g/mol. The first-order valence-electron chi connectivity index (χ1n) is 8.27. The number of hydrogen-bond donors (Lipinski definition) is 2. The Kier molecular flexibility index (Phi) is 2.95. The van der Waals surface area contributed by atoms with Crippen LogP contribution in [0.1, 0.15) is 39.5 Å². The number of Topliss-reactive ketones (excluding diaryl/α,β-unsaturated/α-hetero) is 1. The van der Waals surface area contributed by atoms with E-state index in [0.717, 1.165) is 6.42 Å². The molecule has 6 unspecified atom stereocenters. The fourth-order valence-electron chi connectivity index (χ4n) is 4.73. The molecule has 0 spiro atoms. The molecule has 2 saturated heterocycles. The second kappa shape index (κ2) is 4.51. The molecule has 1 amide bonds. The summed E-state index contributed by atoms with van der Waals surface area (Å²) in [4.78, 5) is 37.7. The number of hydrogen-bond acceptors (Lipinski definition) is 5. The number of epoxide rings is 1. The van der Waals surface area contributed by atoms with Crippen LogP contribution in [-0.2, 0) is 19.1 Å². The molecule has 6 atom stereocenters. The van der Waals surface area contributed by atoms with Crippen LogP contribution in [0.25, 0.3) is 0 Å². The summed E-state index contributed by atoms with van der Waals surface area (Å²) in [5.74, 6) is -1.71. The molecule has 4 rings (SSSR count). The van der Waals surface area contributed by atoms with E-state index in [1.807, 2.05) is 0 Å². The molecule has 2 aliphatic heterocycles. The van der Waals surface area contributed by atoms with Crippen molar-refractivity contribution in [2.75, 3.05) is 0 Å². The minimum Gasteiger partial charge on any atom is -0.382 e. The molecule has 0 radical (unpaired) electrons. The maximum atomic E-state index is 13.1. The van der Waals surface area contributed by atoms with Crippen molar-refractivity contribution >= 4 is 17.5 Å². The predicted octanol–water partition coefficient (Wildman–Crippen LogP) is 0.483. The van der Waals surface area contributed by atoms with Gasteiger partial charge in [0.1, 0.15) is 11.0 Å². The zero-order valence-electron chi connectivity index (χ0n) is 13.3. The Hall–Kier alpha value is -1.53. The highest BCUT2D eigenvalue weighted by Gasteiger charge is 2.69. The largest absolute Gasteiger partial charge is 0.382 e. The lowest BCUT2D eigenvalue weighted by atomic mass is 9.59. The number of fused-ring (bicyclic) bond motifs is 1. The Balaban J connectivity index is 1.86. The van der Waals surface area contributed by atoms with Gasteiger partial charge in [-0.2, -0.15) is 0 Å². The van der Waals surface area contributed by atoms with Gasteiger partial charge in [-0.05, 0) is 26.2 Å². The Morgan fingerprint density at radius 3 is 2.74 bits per heavy atom. The highest BCUT2D eigenvalue weighted by Crippen LogP contribution is 2.54. The summed E-state index contributed by atoms with van der Waals surface area (Å²) in [6.07, 6.45) is 3.49. The lowest BCUT2D eigenvalue weighted by molar-refractivity contribution is -0.159. The van der Waals surface area contributed by atoms with Crippen LogP contribution in [0, 0.1) is 17.3 Å². The van der Waals surface area contributed by atoms with Crippen LogP contribution in [0.4, 0.5) is 0 Å². The third kappa shape index (κ3) is 1.79. The quantitative estimate of drug-likeness (QED) is 0.500. The van der Waals surface area contributed by atoms with Gasteiger partial charge < -0.3 is 15.2 Å². The Morgan fingerprint density at radius 2 is 2.00 bits per heavy atom. The highest BCUT2D eigenvalue weighted by atomic mass is 16.6. The van der Waals surface area contributed by atoms with E-state index in [9.17, 15) is 19.5 Å². The molecule has 23 heavy (non-hydrogen) atoms. The first-order valence-corrected chi connectivity index (χ1v) is 8.27. The fraction of sp³-hybridized carbons (Fsp3) is 0.706. The highest BCUT2D eigenvalue weighted by molar-refractivity contribution is 6.12. The number of ketones is 2. The molecule has 3 fully saturated rings. The summed E-state index contributed by atoms with van der Waals surface area (Å²) in [7, 11) is 0. The molecule has 0 aromatic rings. The van der Waals surface area contributed by atoms with Crippen molar-refractivity contribution in [2.24, 2.45) is 17.3 Å². The zero-order chi connectivity index (χ0) is 16.6. The van der Waals surface area contributed by atoms with Crippen LogP contribution >= 0.6 is 0 Å². The van der Waals surface area contributed by atoms with Crippen LogP contribution in [0.3, 0.4) is 0 Å². The van der Waals surface area contributed by atoms with Gasteiger partial charge in [-0.15, -0.1) is 0 Å². The number of rotatable bonds is 0. The van der Waals surface area contributed by atoms with E-state index in [1.165, 1.54) is 13.0 Å². The zero-order valence-corrected chi connectivity index (χ0v) is 13.3. The van der Waals surface area contributed by atoms with Crippen molar-refractivity contribution in [1.29, 1.82) is 0 Å². The number of aliphatic hydroxyl groups is 1. The van der Waals surface area contributed by atoms with Gasteiger partial charge in [0, 0.05) is 24.3 Å². The third-order valence-corrected chi connectivity index (χ3v) is 6.23. The molecular formula is C17H21NO5. The van der Waals surface area contributed by atoms with Crippen molar-refractivity contribution in [1.82, 2.24) is 5.32 Å². The van der Waals surface area contributed by atoms with Gasteiger partial charge in [-0.25, -0.2) is 0 Å². The Morgan fingerprint density at radius 1 is 1.26 bits per heavy atom. The summed E-state index contributed by atoms with van der Waals surface area (Å²) in [6.45, 7) is 3.31. The lowest BCUT2D eigenvalue weighted by Crippen LogP contribution is -2.59. The predicted molar refractivity (Wildman–Crippen MR) is 79.1 cm³/mol. The molecule has 4 aliphatic rings. The molecule has 0 aromatic heterocycles. The summed E-state index contributed by atoms with van der Waals surface area (Å²) in [6, 6.07) is 0. The SMILES string of the molecule is CC1CC2OC2CCC2CC(=O)C=C3NC(=O)C(C)(C1=O)C32O. The van der Waals surface area contributed by atoms with Crippen LogP contribution in [0.2, 0.25) is 0 Å². The number of allylic oxidation sites excluding steroid dienone is 1. The molecule has 6 nitrogen and oxygen atoms in total. The molecule has 1 saturated carbocycles. The van der Waals surface area contributed by atoms with E-state index >= 15 is 0 Å². The van der Waals surface area contributed by atoms with Crippen LogP contribution < -0.4 is 5.32 Å². The van der Waals surface area contributed by atoms with Crippen molar-refractivity contribution in [3.05, 3.63) is 11.8 Å². The standard InChI is InChI=1S/C17H21NO5/c1-8-5-12-11(23-12)4-3-9-6-10(19)7-13-17(9,22)16(2,14(8)20)15(21)18-13/h7-9,11-12,22H,3-6H2,1-2H3,(H,18,21). The van der Waals surface area contributed by atoms with Gasteiger partial charge in [-0.1, -0.05) is 6.92 Å². The lowest BCUT2D eigenvalue weighted by Gasteiger charge is -2.44. The monoisotopic (exact) mass is 319 g/mol. The first-order chi connectivity index (χ1) is 10.8. The third-order valence-electron chi connectivity index (χ3n) is 6.23. The molecule has 2 N–H and O–H groups in total. The second-order valence-electron chi connectivity index (χ2n) is 7.56. The van der Waals surface area contributed by atoms with E-state index in [-0.39, 0.29) is 41.8 Å². The number of amides is 1. The van der Waals surface area contributed by atoms with Gasteiger partial charge in [0.05, 0.1) is 17.9 Å². The Labute approximate surface area is 134 Å². The van der Waals surface area contributed by atoms with Gasteiger partial charge in [-0.3, -0.25) is 14.4 Å². The molecule has 2 aliphatic carbocycles. The Bertz CT molecular complexity index is 655. The van der Waals surface area contributed by atoms with Gasteiger partial charge in [0.2, 0.25) is 5.91 Å². The van der Waals surface area contributed by atoms with E-state index < -0.39 is 22.8 Å². The molecule has 2 heterocycles. The van der Waals surface area contributed by atoms with E-state index in [2.05, 4.69) is 5.32 Å². The van der Waals surface area contributed by atoms with Crippen LogP contribution in [-0.4, -0.2) is 40.4 Å². The molecule has 6 heteroatoms. The molecule has 0 bridgehead atoms. The van der Waals surface area contributed by atoms with Crippen molar-refractivity contribution in [3.63, 3.8) is 0 Å². The van der Waals surface area contributed by atoms with Crippen molar-refractivity contribution in [2.45, 2.75) is 57.3 Å². The number of carbonyl (C=O) groups excluding carboxylic acids is 3. The molecule has 0 aromatic carbocycles. The van der Waals surface area contributed by atoms with Crippen LogP contribution in [0.15, 0.2) is 11.8 Å². The number of carbonyl (C=O) groups is 3. The topological polar surface area (TPSA) is 96.0 Å². The van der Waals surface area contributed by atoms with Crippen LogP contribution in [0.5, 0.6) is 0 Å². The van der Waals surface area contributed by atoms with Crippen molar-refractivity contribution in [3.8, 4) is 0 Å². The maximum absolute atomic E-state index is 13.1. The smallest absolute Gasteiger partial charge is 0.241 e. The normalized spacial score (nSPS) is 49.0.